The molecule has 1 nitrogen and oxygen atoms in total. The van der Waals surface area contributed by atoms with Gasteiger partial charge in [-0.2, -0.15) is 0 Å². The van der Waals surface area contributed by atoms with E-state index in [1.165, 1.54) is 44.1 Å². The first kappa shape index (κ1) is 16.0. The van der Waals surface area contributed by atoms with Crippen molar-refractivity contribution < 1.29 is 4.74 Å². The molecular formula is C16H28O. The second kappa shape index (κ2) is 11.5. The normalized spacial score (nSPS) is 9.41. The fourth-order valence-electron chi connectivity index (χ4n) is 1.64. The monoisotopic (exact) mass is 236 g/mol. The zero-order chi connectivity index (χ0) is 12.9. The average molecular weight is 236 g/mol. The third-order valence-corrected chi connectivity index (χ3v) is 2.77. The molecule has 0 saturated heterocycles. The summed E-state index contributed by atoms with van der Waals surface area (Å²) in [6, 6.07) is 7.94. The molecule has 0 amide bonds. The standard InChI is InChI=1S/C8H10O.C8H18/c1-7-5-3-4-6-8(7)9-2;1-3-5-7-8-6-4-2/h3-6H,1-2H3;3-8H2,1-2H3. The minimum atomic E-state index is 0.956. The Bertz CT molecular complexity index is 262. The largest absolute Gasteiger partial charge is 0.496 e. The zero-order valence-electron chi connectivity index (χ0n) is 12.0. The van der Waals surface area contributed by atoms with E-state index in [9.17, 15) is 0 Å². The van der Waals surface area contributed by atoms with E-state index in [2.05, 4.69) is 13.8 Å². The van der Waals surface area contributed by atoms with Crippen molar-refractivity contribution in [3.05, 3.63) is 29.8 Å². The Morgan fingerprint density at radius 1 is 0.882 bits per heavy atom. The van der Waals surface area contributed by atoms with Crippen LogP contribution in [0.2, 0.25) is 0 Å². The first-order valence-corrected chi connectivity index (χ1v) is 6.85. The molecule has 0 saturated carbocycles. The highest BCUT2D eigenvalue weighted by molar-refractivity contribution is 5.31. The van der Waals surface area contributed by atoms with E-state index >= 15 is 0 Å². The highest BCUT2D eigenvalue weighted by Gasteiger charge is 1.90. The molecule has 98 valence electrons. The zero-order valence-corrected chi connectivity index (χ0v) is 12.0. The molecule has 0 N–H and O–H groups in total. The van der Waals surface area contributed by atoms with Crippen molar-refractivity contribution in [2.45, 2.75) is 59.3 Å². The molecule has 0 aliphatic heterocycles. The molecule has 0 spiro atoms. The van der Waals surface area contributed by atoms with Gasteiger partial charge in [0.15, 0.2) is 0 Å². The summed E-state index contributed by atoms with van der Waals surface area (Å²) in [7, 11) is 1.68. The van der Waals surface area contributed by atoms with Crippen LogP contribution in [0.15, 0.2) is 24.3 Å². The Morgan fingerprint density at radius 2 is 1.41 bits per heavy atom. The number of hydrogen-bond acceptors (Lipinski definition) is 1. The van der Waals surface area contributed by atoms with Crippen LogP contribution < -0.4 is 4.74 Å². The lowest BCUT2D eigenvalue weighted by Gasteiger charge is -2.00. The van der Waals surface area contributed by atoms with E-state index in [-0.39, 0.29) is 0 Å². The molecule has 17 heavy (non-hydrogen) atoms. The lowest BCUT2D eigenvalue weighted by atomic mass is 10.1. The van der Waals surface area contributed by atoms with E-state index in [0.29, 0.717) is 0 Å². The van der Waals surface area contributed by atoms with Gasteiger partial charge in [0.05, 0.1) is 7.11 Å². The fourth-order valence-corrected chi connectivity index (χ4v) is 1.64. The maximum Gasteiger partial charge on any atom is 0.121 e. The number of hydrogen-bond donors (Lipinski definition) is 0. The maximum absolute atomic E-state index is 5.04. The Balaban J connectivity index is 0.000000304. The van der Waals surface area contributed by atoms with Crippen molar-refractivity contribution in [3.63, 3.8) is 0 Å². The van der Waals surface area contributed by atoms with Crippen LogP contribution in [0.5, 0.6) is 5.75 Å². The number of para-hydroxylation sites is 1. The Hall–Kier alpha value is -0.980. The quantitative estimate of drug-likeness (QED) is 0.603. The summed E-state index contributed by atoms with van der Waals surface area (Å²) in [6.07, 6.45) is 8.49. The average Bonchev–Trinajstić information content (AvgIpc) is 2.36. The number of benzene rings is 1. The molecule has 0 unspecified atom stereocenters. The van der Waals surface area contributed by atoms with Crippen molar-refractivity contribution >= 4 is 0 Å². The topological polar surface area (TPSA) is 9.23 Å². The van der Waals surface area contributed by atoms with Crippen LogP contribution in [-0.2, 0) is 0 Å². The minimum absolute atomic E-state index is 0.956. The SMILES string of the molecule is CCCCCCCC.COc1ccccc1C. The fraction of sp³-hybridized carbons (Fsp3) is 0.625. The summed E-state index contributed by atoms with van der Waals surface area (Å²) >= 11 is 0. The predicted octanol–water partition coefficient (Wildman–Crippen LogP) is 5.37. The summed E-state index contributed by atoms with van der Waals surface area (Å²) < 4.78 is 5.04. The summed E-state index contributed by atoms with van der Waals surface area (Å²) in [4.78, 5) is 0. The van der Waals surface area contributed by atoms with E-state index < -0.39 is 0 Å². The van der Waals surface area contributed by atoms with Crippen LogP contribution in [0.4, 0.5) is 0 Å². The molecule has 0 aliphatic rings. The summed E-state index contributed by atoms with van der Waals surface area (Å²) in [6.45, 7) is 6.54. The summed E-state index contributed by atoms with van der Waals surface area (Å²) in [5.74, 6) is 0.956. The maximum atomic E-state index is 5.04. The minimum Gasteiger partial charge on any atom is -0.496 e. The van der Waals surface area contributed by atoms with Gasteiger partial charge < -0.3 is 4.74 Å². The Morgan fingerprint density at radius 3 is 1.76 bits per heavy atom. The van der Waals surface area contributed by atoms with E-state index in [0.717, 1.165) is 5.75 Å². The van der Waals surface area contributed by atoms with Gasteiger partial charge in [-0.3, -0.25) is 0 Å². The van der Waals surface area contributed by atoms with Crippen LogP contribution >= 0.6 is 0 Å². The lowest BCUT2D eigenvalue weighted by molar-refractivity contribution is 0.411. The molecule has 0 aromatic heterocycles. The van der Waals surface area contributed by atoms with E-state index in [4.69, 9.17) is 4.74 Å². The Kier molecular flexibility index (Phi) is 10.8. The molecule has 0 radical (unpaired) electrons. The highest BCUT2D eigenvalue weighted by atomic mass is 16.5. The molecule has 0 heterocycles. The predicted molar refractivity (Wildman–Crippen MR) is 76.8 cm³/mol. The second-order valence-corrected chi connectivity index (χ2v) is 4.38. The van der Waals surface area contributed by atoms with Crippen LogP contribution in [0.3, 0.4) is 0 Å². The molecule has 1 aromatic carbocycles. The number of rotatable bonds is 6. The first-order valence-electron chi connectivity index (χ1n) is 6.85. The molecule has 1 aromatic rings. The number of unbranched alkanes of at least 4 members (excludes halogenated alkanes) is 5. The van der Waals surface area contributed by atoms with Gasteiger partial charge in [0.1, 0.15) is 5.75 Å². The van der Waals surface area contributed by atoms with Gasteiger partial charge in [0.25, 0.3) is 0 Å². The molecule has 0 fully saturated rings. The molecule has 1 heteroatoms. The third kappa shape index (κ3) is 8.79. The van der Waals surface area contributed by atoms with Gasteiger partial charge in [-0.25, -0.2) is 0 Å². The summed E-state index contributed by atoms with van der Waals surface area (Å²) in [5.41, 5.74) is 1.18. The van der Waals surface area contributed by atoms with Gasteiger partial charge in [-0.15, -0.1) is 0 Å². The van der Waals surface area contributed by atoms with Crippen LogP contribution in [0.1, 0.15) is 57.9 Å². The first-order chi connectivity index (χ1) is 8.26. The van der Waals surface area contributed by atoms with Gasteiger partial charge in [0, 0.05) is 0 Å². The number of aryl methyl sites for hydroxylation is 1. The van der Waals surface area contributed by atoms with Gasteiger partial charge in [-0.05, 0) is 18.6 Å². The van der Waals surface area contributed by atoms with Gasteiger partial charge in [-0.1, -0.05) is 70.6 Å². The smallest absolute Gasteiger partial charge is 0.121 e. The highest BCUT2D eigenvalue weighted by Crippen LogP contribution is 2.14. The van der Waals surface area contributed by atoms with Crippen molar-refractivity contribution in [2.24, 2.45) is 0 Å². The van der Waals surface area contributed by atoms with Gasteiger partial charge in [0.2, 0.25) is 0 Å². The van der Waals surface area contributed by atoms with Crippen molar-refractivity contribution in [1.82, 2.24) is 0 Å². The van der Waals surface area contributed by atoms with Crippen LogP contribution in [0.25, 0.3) is 0 Å². The summed E-state index contributed by atoms with van der Waals surface area (Å²) in [5, 5.41) is 0. The van der Waals surface area contributed by atoms with Crippen molar-refractivity contribution in [2.75, 3.05) is 7.11 Å². The number of methoxy groups -OCH3 is 1. The van der Waals surface area contributed by atoms with E-state index in [1.807, 2.05) is 31.2 Å². The Labute approximate surface area is 107 Å². The third-order valence-electron chi connectivity index (χ3n) is 2.77. The van der Waals surface area contributed by atoms with Crippen molar-refractivity contribution in [3.8, 4) is 5.75 Å². The molecule has 0 bridgehead atoms. The molecule has 0 aliphatic carbocycles. The van der Waals surface area contributed by atoms with E-state index in [1.54, 1.807) is 7.11 Å². The van der Waals surface area contributed by atoms with Crippen LogP contribution in [-0.4, -0.2) is 7.11 Å². The number of ether oxygens (including phenoxy) is 1. The van der Waals surface area contributed by atoms with Gasteiger partial charge >= 0.3 is 0 Å². The lowest BCUT2D eigenvalue weighted by Crippen LogP contribution is -1.84. The molecule has 0 atom stereocenters. The molecule has 1 rings (SSSR count). The van der Waals surface area contributed by atoms with Crippen LogP contribution in [0, 0.1) is 6.92 Å². The molecular weight excluding hydrogens is 208 g/mol. The second-order valence-electron chi connectivity index (χ2n) is 4.38. The van der Waals surface area contributed by atoms with Crippen molar-refractivity contribution in [1.29, 1.82) is 0 Å².